The van der Waals surface area contributed by atoms with Crippen molar-refractivity contribution in [2.75, 3.05) is 6.61 Å². The van der Waals surface area contributed by atoms with E-state index in [9.17, 15) is 9.59 Å². The van der Waals surface area contributed by atoms with Crippen molar-refractivity contribution in [3.05, 3.63) is 12.2 Å². The zero-order chi connectivity index (χ0) is 9.84. The summed E-state index contributed by atoms with van der Waals surface area (Å²) in [5, 5.41) is 0. The number of carbonyl (C=O) groups excluding carboxylic acids is 2. The van der Waals surface area contributed by atoms with Crippen LogP contribution < -0.4 is 0 Å². The number of ether oxygens (including phenoxy) is 2. The molecule has 0 aromatic carbocycles. The SMILES string of the molecule is CC(C)C(=O)O[C@H]1C=CC(=O)CO1. The van der Waals surface area contributed by atoms with Crippen LogP contribution in [0.5, 0.6) is 0 Å². The number of hydrogen-bond acceptors (Lipinski definition) is 4. The molecule has 13 heavy (non-hydrogen) atoms. The molecule has 0 bridgehead atoms. The fourth-order valence-corrected chi connectivity index (χ4v) is 0.778. The predicted molar refractivity (Wildman–Crippen MR) is 44.8 cm³/mol. The minimum atomic E-state index is -0.701. The first-order valence-corrected chi connectivity index (χ1v) is 4.12. The Kier molecular flexibility index (Phi) is 3.19. The molecule has 0 fully saturated rings. The van der Waals surface area contributed by atoms with Gasteiger partial charge < -0.3 is 9.47 Å². The van der Waals surface area contributed by atoms with E-state index in [1.54, 1.807) is 13.8 Å². The second-order valence-corrected chi connectivity index (χ2v) is 3.10. The van der Waals surface area contributed by atoms with Gasteiger partial charge in [-0.2, -0.15) is 0 Å². The first kappa shape index (κ1) is 9.92. The topological polar surface area (TPSA) is 52.6 Å². The number of hydrogen-bond donors (Lipinski definition) is 0. The van der Waals surface area contributed by atoms with Crippen molar-refractivity contribution in [3.63, 3.8) is 0 Å². The van der Waals surface area contributed by atoms with Gasteiger partial charge in [-0.1, -0.05) is 13.8 Å². The van der Waals surface area contributed by atoms with Gasteiger partial charge in [0, 0.05) is 0 Å². The lowest BCUT2D eigenvalue weighted by atomic mass is 10.2. The highest BCUT2D eigenvalue weighted by Crippen LogP contribution is 2.07. The van der Waals surface area contributed by atoms with Crippen LogP contribution >= 0.6 is 0 Å². The van der Waals surface area contributed by atoms with Crippen molar-refractivity contribution >= 4 is 11.8 Å². The molecule has 0 unspecified atom stereocenters. The lowest BCUT2D eigenvalue weighted by Gasteiger charge is -2.18. The normalized spacial score (nSPS) is 22.1. The fourth-order valence-electron chi connectivity index (χ4n) is 0.778. The number of ketones is 1. The van der Waals surface area contributed by atoms with Crippen LogP contribution in [0.25, 0.3) is 0 Å². The van der Waals surface area contributed by atoms with E-state index >= 15 is 0 Å². The van der Waals surface area contributed by atoms with Gasteiger partial charge in [-0.05, 0) is 12.2 Å². The zero-order valence-electron chi connectivity index (χ0n) is 7.65. The van der Waals surface area contributed by atoms with Crippen LogP contribution in [-0.2, 0) is 19.1 Å². The molecule has 1 rings (SSSR count). The van der Waals surface area contributed by atoms with Crippen LogP contribution in [0.4, 0.5) is 0 Å². The highest BCUT2D eigenvalue weighted by molar-refractivity contribution is 5.91. The molecule has 4 nitrogen and oxygen atoms in total. The van der Waals surface area contributed by atoms with E-state index in [2.05, 4.69) is 0 Å². The molecule has 72 valence electrons. The van der Waals surface area contributed by atoms with Gasteiger partial charge in [-0.15, -0.1) is 0 Å². The van der Waals surface area contributed by atoms with E-state index in [0.29, 0.717) is 0 Å². The molecule has 0 aromatic rings. The summed E-state index contributed by atoms with van der Waals surface area (Å²) in [7, 11) is 0. The first-order valence-electron chi connectivity index (χ1n) is 4.12. The molecule has 0 aliphatic carbocycles. The summed E-state index contributed by atoms with van der Waals surface area (Å²) in [5.74, 6) is -0.629. The van der Waals surface area contributed by atoms with Crippen molar-refractivity contribution < 1.29 is 19.1 Å². The van der Waals surface area contributed by atoms with Crippen LogP contribution in [0.2, 0.25) is 0 Å². The minimum Gasteiger partial charge on any atom is -0.432 e. The third kappa shape index (κ3) is 2.99. The van der Waals surface area contributed by atoms with Gasteiger partial charge in [0.05, 0.1) is 5.92 Å². The average molecular weight is 184 g/mol. The lowest BCUT2D eigenvalue weighted by Crippen LogP contribution is -2.27. The molecule has 1 heterocycles. The Bertz CT molecular complexity index is 242. The number of rotatable bonds is 2. The van der Waals surface area contributed by atoms with E-state index in [0.717, 1.165) is 0 Å². The van der Waals surface area contributed by atoms with E-state index < -0.39 is 6.29 Å². The van der Waals surface area contributed by atoms with Crippen molar-refractivity contribution in [1.29, 1.82) is 0 Å². The number of esters is 1. The first-order chi connectivity index (χ1) is 6.09. The zero-order valence-corrected chi connectivity index (χ0v) is 7.65. The molecular formula is C9H12O4. The molecule has 1 aliphatic heterocycles. The second kappa shape index (κ2) is 4.18. The molecule has 0 saturated heterocycles. The maximum atomic E-state index is 11.1. The van der Waals surface area contributed by atoms with E-state index in [1.165, 1.54) is 12.2 Å². The number of carbonyl (C=O) groups is 2. The highest BCUT2D eigenvalue weighted by atomic mass is 16.7. The Morgan fingerprint density at radius 1 is 1.69 bits per heavy atom. The van der Waals surface area contributed by atoms with Crippen molar-refractivity contribution in [1.82, 2.24) is 0 Å². The third-order valence-electron chi connectivity index (χ3n) is 1.53. The van der Waals surface area contributed by atoms with Crippen molar-refractivity contribution in [2.45, 2.75) is 20.1 Å². The molecule has 0 spiro atoms. The van der Waals surface area contributed by atoms with Gasteiger partial charge in [0.25, 0.3) is 0 Å². The Labute approximate surface area is 76.5 Å². The molecule has 0 N–H and O–H groups in total. The molecule has 0 aromatic heterocycles. The highest BCUT2D eigenvalue weighted by Gasteiger charge is 2.18. The molecule has 0 radical (unpaired) electrons. The predicted octanol–water partition coefficient (Wildman–Crippen LogP) is 0.667. The second-order valence-electron chi connectivity index (χ2n) is 3.10. The standard InChI is InChI=1S/C9H12O4/c1-6(2)9(11)13-8-4-3-7(10)5-12-8/h3-4,6,8H,5H2,1-2H3/t8-/m0/s1. The quantitative estimate of drug-likeness (QED) is 0.592. The van der Waals surface area contributed by atoms with Crippen LogP contribution in [0.15, 0.2) is 12.2 Å². The van der Waals surface area contributed by atoms with E-state index in [-0.39, 0.29) is 24.3 Å². The van der Waals surface area contributed by atoms with Gasteiger partial charge >= 0.3 is 5.97 Å². The molecule has 4 heteroatoms. The van der Waals surface area contributed by atoms with E-state index in [1.807, 2.05) is 0 Å². The van der Waals surface area contributed by atoms with Crippen LogP contribution in [0.1, 0.15) is 13.8 Å². The van der Waals surface area contributed by atoms with Crippen LogP contribution in [-0.4, -0.2) is 24.6 Å². The maximum absolute atomic E-state index is 11.1. The van der Waals surface area contributed by atoms with Crippen LogP contribution in [0.3, 0.4) is 0 Å². The summed E-state index contributed by atoms with van der Waals surface area (Å²) in [6.45, 7) is 3.45. The summed E-state index contributed by atoms with van der Waals surface area (Å²) in [6.07, 6.45) is 2.10. The monoisotopic (exact) mass is 184 g/mol. The maximum Gasteiger partial charge on any atom is 0.310 e. The van der Waals surface area contributed by atoms with E-state index in [4.69, 9.17) is 9.47 Å². The van der Waals surface area contributed by atoms with Crippen molar-refractivity contribution in [3.8, 4) is 0 Å². The Morgan fingerprint density at radius 2 is 2.38 bits per heavy atom. The molecule has 1 atom stereocenters. The molecule has 0 saturated carbocycles. The molecule has 1 aliphatic rings. The van der Waals surface area contributed by atoms with Gasteiger partial charge in [0.2, 0.25) is 6.29 Å². The van der Waals surface area contributed by atoms with Crippen molar-refractivity contribution in [2.24, 2.45) is 5.92 Å². The third-order valence-corrected chi connectivity index (χ3v) is 1.53. The van der Waals surface area contributed by atoms with Gasteiger partial charge in [-0.25, -0.2) is 0 Å². The Balaban J connectivity index is 2.43. The lowest BCUT2D eigenvalue weighted by molar-refractivity contribution is -0.175. The summed E-state index contributed by atoms with van der Waals surface area (Å²) in [6, 6.07) is 0. The summed E-state index contributed by atoms with van der Waals surface area (Å²) in [5.41, 5.74) is 0. The summed E-state index contributed by atoms with van der Waals surface area (Å²) < 4.78 is 9.83. The fraction of sp³-hybridized carbons (Fsp3) is 0.556. The Morgan fingerprint density at radius 3 is 2.85 bits per heavy atom. The van der Waals surface area contributed by atoms with Gasteiger partial charge in [0.1, 0.15) is 6.61 Å². The minimum absolute atomic E-state index is 0.0213. The molecule has 0 amide bonds. The average Bonchev–Trinajstić information content (AvgIpc) is 2.08. The van der Waals surface area contributed by atoms with Gasteiger partial charge in [-0.3, -0.25) is 9.59 Å². The molecular weight excluding hydrogens is 172 g/mol. The Hall–Kier alpha value is -1.16. The van der Waals surface area contributed by atoms with Gasteiger partial charge in [0.15, 0.2) is 5.78 Å². The largest absolute Gasteiger partial charge is 0.432 e. The summed E-state index contributed by atoms with van der Waals surface area (Å²) >= 11 is 0. The summed E-state index contributed by atoms with van der Waals surface area (Å²) in [4.78, 5) is 21.7. The smallest absolute Gasteiger partial charge is 0.310 e. The van der Waals surface area contributed by atoms with Crippen LogP contribution in [0, 0.1) is 5.92 Å².